The SMILES string of the molecule is Cc1cc(S(=O)(=O)N2CCOCC2)ccc1OCC(=O)Nc1ccc2c(c1)N(S(=O)(=O)c1ccc(Cl)cc1)CC2. The van der Waals surface area contributed by atoms with Gasteiger partial charge in [0.05, 0.1) is 28.7 Å². The number of carbonyl (C=O) groups is 1. The van der Waals surface area contributed by atoms with Crippen molar-refractivity contribution in [1.29, 1.82) is 0 Å². The van der Waals surface area contributed by atoms with Gasteiger partial charge in [-0.2, -0.15) is 4.31 Å². The van der Waals surface area contributed by atoms with Crippen molar-refractivity contribution in [2.24, 2.45) is 0 Å². The van der Waals surface area contributed by atoms with Crippen LogP contribution in [0.15, 0.2) is 70.5 Å². The number of sulfonamides is 2. The lowest BCUT2D eigenvalue weighted by atomic mass is 10.1. The summed E-state index contributed by atoms with van der Waals surface area (Å²) in [5, 5.41) is 3.18. The van der Waals surface area contributed by atoms with Crippen molar-refractivity contribution < 1.29 is 31.1 Å². The Labute approximate surface area is 238 Å². The van der Waals surface area contributed by atoms with E-state index < -0.39 is 26.0 Å². The predicted molar refractivity (Wildman–Crippen MR) is 151 cm³/mol. The summed E-state index contributed by atoms with van der Waals surface area (Å²) in [5.41, 5.74) is 2.35. The molecule has 1 N–H and O–H groups in total. The lowest BCUT2D eigenvalue weighted by molar-refractivity contribution is -0.118. The van der Waals surface area contributed by atoms with Crippen LogP contribution in [0.2, 0.25) is 5.02 Å². The molecule has 0 bridgehead atoms. The van der Waals surface area contributed by atoms with Crippen molar-refractivity contribution in [3.8, 4) is 5.75 Å². The molecule has 5 rings (SSSR count). The third-order valence-corrected chi connectivity index (χ3v) is 10.7. The van der Waals surface area contributed by atoms with Gasteiger partial charge in [-0.3, -0.25) is 9.10 Å². The quantitative estimate of drug-likeness (QED) is 0.417. The lowest BCUT2D eigenvalue weighted by Gasteiger charge is -2.26. The molecule has 0 aliphatic carbocycles. The highest BCUT2D eigenvalue weighted by Gasteiger charge is 2.31. The van der Waals surface area contributed by atoms with Crippen LogP contribution >= 0.6 is 11.6 Å². The number of carbonyl (C=O) groups excluding carboxylic acids is 1. The molecule has 0 aromatic heterocycles. The van der Waals surface area contributed by atoms with E-state index in [1.807, 2.05) is 0 Å². The minimum Gasteiger partial charge on any atom is -0.483 e. The lowest BCUT2D eigenvalue weighted by Crippen LogP contribution is -2.40. The molecule has 212 valence electrons. The Hall–Kier alpha value is -3.16. The number of benzene rings is 3. The molecule has 13 heteroatoms. The van der Waals surface area contributed by atoms with Crippen LogP contribution in [0, 0.1) is 6.92 Å². The average Bonchev–Trinajstić information content (AvgIpc) is 3.37. The van der Waals surface area contributed by atoms with Crippen molar-refractivity contribution in [2.45, 2.75) is 23.1 Å². The van der Waals surface area contributed by atoms with Gasteiger partial charge in [-0.05, 0) is 79.1 Å². The summed E-state index contributed by atoms with van der Waals surface area (Å²) in [7, 11) is -7.45. The van der Waals surface area contributed by atoms with Crippen molar-refractivity contribution in [3.05, 3.63) is 76.8 Å². The summed E-state index contributed by atoms with van der Waals surface area (Å²) in [6.07, 6.45) is 0.552. The highest BCUT2D eigenvalue weighted by molar-refractivity contribution is 7.92. The van der Waals surface area contributed by atoms with E-state index in [-0.39, 0.29) is 22.9 Å². The number of amides is 1. The molecule has 0 atom stereocenters. The topological polar surface area (TPSA) is 122 Å². The van der Waals surface area contributed by atoms with E-state index in [4.69, 9.17) is 21.1 Å². The Morgan fingerprint density at radius 2 is 1.62 bits per heavy atom. The number of hydrogen-bond acceptors (Lipinski definition) is 7. The Kier molecular flexibility index (Phi) is 8.07. The fourth-order valence-electron chi connectivity index (χ4n) is 4.63. The average molecular weight is 606 g/mol. The molecule has 0 unspecified atom stereocenters. The van der Waals surface area contributed by atoms with E-state index in [1.165, 1.54) is 51.1 Å². The van der Waals surface area contributed by atoms with Gasteiger partial charge in [-0.25, -0.2) is 16.8 Å². The number of anilines is 2. The second-order valence-electron chi connectivity index (χ2n) is 9.41. The first-order chi connectivity index (χ1) is 19.1. The number of morpholine rings is 1. The minimum atomic E-state index is -3.80. The van der Waals surface area contributed by atoms with Crippen LogP contribution in [-0.2, 0) is 36.0 Å². The van der Waals surface area contributed by atoms with Gasteiger partial charge in [0.1, 0.15) is 5.75 Å². The van der Waals surface area contributed by atoms with E-state index >= 15 is 0 Å². The van der Waals surface area contributed by atoms with Crippen LogP contribution in [0.25, 0.3) is 0 Å². The zero-order valence-electron chi connectivity index (χ0n) is 21.7. The van der Waals surface area contributed by atoms with Crippen molar-refractivity contribution in [1.82, 2.24) is 4.31 Å². The third-order valence-electron chi connectivity index (χ3n) is 6.74. The molecule has 3 aromatic carbocycles. The van der Waals surface area contributed by atoms with E-state index in [1.54, 1.807) is 25.1 Å². The Balaban J connectivity index is 1.24. The number of rotatable bonds is 8. The largest absolute Gasteiger partial charge is 0.483 e. The third kappa shape index (κ3) is 5.81. The number of hydrogen-bond donors (Lipinski definition) is 1. The van der Waals surface area contributed by atoms with Crippen molar-refractivity contribution in [2.75, 3.05) is 49.1 Å². The van der Waals surface area contributed by atoms with Gasteiger partial charge in [0.2, 0.25) is 10.0 Å². The van der Waals surface area contributed by atoms with Gasteiger partial charge in [0.15, 0.2) is 6.61 Å². The first-order valence-electron chi connectivity index (χ1n) is 12.6. The van der Waals surface area contributed by atoms with Gasteiger partial charge in [0, 0.05) is 30.3 Å². The number of ether oxygens (including phenoxy) is 2. The molecule has 2 heterocycles. The van der Waals surface area contributed by atoms with Crippen LogP contribution in [0.4, 0.5) is 11.4 Å². The predicted octanol–water partition coefficient (Wildman–Crippen LogP) is 3.44. The van der Waals surface area contributed by atoms with Gasteiger partial charge < -0.3 is 14.8 Å². The van der Waals surface area contributed by atoms with Crippen molar-refractivity contribution >= 4 is 48.9 Å². The standard InChI is InChI=1S/C27H28ClN3O7S2/c1-19-16-24(39(33,34)30-12-14-37-15-13-30)8-9-26(19)38-18-27(32)29-22-5-2-20-10-11-31(25(20)17-22)40(35,36)23-6-3-21(28)4-7-23/h2-9,16-17H,10-15,18H2,1H3,(H,29,32). The summed E-state index contributed by atoms with van der Waals surface area (Å²) in [4.78, 5) is 13.0. The smallest absolute Gasteiger partial charge is 0.264 e. The number of halogens is 1. The summed E-state index contributed by atoms with van der Waals surface area (Å²) in [5.74, 6) is -0.0697. The normalized spacial score (nSPS) is 16.0. The summed E-state index contributed by atoms with van der Waals surface area (Å²) in [6, 6.07) is 15.6. The molecule has 3 aromatic rings. The van der Waals surface area contributed by atoms with Crippen molar-refractivity contribution in [3.63, 3.8) is 0 Å². The molecule has 10 nitrogen and oxygen atoms in total. The maximum absolute atomic E-state index is 13.2. The number of nitrogens with one attached hydrogen (secondary N) is 1. The van der Waals surface area contributed by atoms with Crippen LogP contribution < -0.4 is 14.4 Å². The highest BCUT2D eigenvalue weighted by Crippen LogP contribution is 2.35. The van der Waals surface area contributed by atoms with Crippen LogP contribution in [0.5, 0.6) is 5.75 Å². The zero-order chi connectivity index (χ0) is 28.5. The first-order valence-corrected chi connectivity index (χ1v) is 15.8. The van der Waals surface area contributed by atoms with E-state index in [0.29, 0.717) is 60.4 Å². The van der Waals surface area contributed by atoms with Crippen LogP contribution in [0.3, 0.4) is 0 Å². The molecular formula is C27H28ClN3O7S2. The molecule has 2 aliphatic rings. The second kappa shape index (κ2) is 11.4. The molecule has 0 spiro atoms. The highest BCUT2D eigenvalue weighted by atomic mass is 35.5. The molecule has 1 saturated heterocycles. The molecular weight excluding hydrogens is 578 g/mol. The maximum atomic E-state index is 13.2. The first kappa shape index (κ1) is 28.4. The Bertz CT molecular complexity index is 1640. The molecule has 40 heavy (non-hydrogen) atoms. The summed E-state index contributed by atoms with van der Waals surface area (Å²) >= 11 is 5.91. The van der Waals surface area contributed by atoms with E-state index in [9.17, 15) is 21.6 Å². The fourth-order valence-corrected chi connectivity index (χ4v) is 7.75. The number of fused-ring (bicyclic) bond motifs is 1. The van der Waals surface area contributed by atoms with E-state index in [0.717, 1.165) is 5.56 Å². The monoisotopic (exact) mass is 605 g/mol. The molecule has 1 amide bonds. The number of nitrogens with zero attached hydrogens (tertiary/aromatic N) is 2. The van der Waals surface area contributed by atoms with Gasteiger partial charge in [-0.15, -0.1) is 0 Å². The Morgan fingerprint density at radius 3 is 2.33 bits per heavy atom. The molecule has 1 fully saturated rings. The van der Waals surface area contributed by atoms with Gasteiger partial charge in [0.25, 0.3) is 15.9 Å². The van der Waals surface area contributed by atoms with Gasteiger partial charge >= 0.3 is 0 Å². The summed E-state index contributed by atoms with van der Waals surface area (Å²) in [6.45, 7) is 2.99. The second-order valence-corrected chi connectivity index (χ2v) is 13.6. The fraction of sp³-hybridized carbons (Fsp3) is 0.296. The molecule has 0 radical (unpaired) electrons. The van der Waals surface area contributed by atoms with Crippen LogP contribution in [-0.4, -0.2) is 66.5 Å². The molecule has 0 saturated carbocycles. The zero-order valence-corrected chi connectivity index (χ0v) is 24.1. The van der Waals surface area contributed by atoms with E-state index in [2.05, 4.69) is 5.32 Å². The van der Waals surface area contributed by atoms with Crippen LogP contribution in [0.1, 0.15) is 11.1 Å². The minimum absolute atomic E-state index is 0.131. The number of aryl methyl sites for hydroxylation is 1. The van der Waals surface area contributed by atoms with Gasteiger partial charge in [-0.1, -0.05) is 17.7 Å². The Morgan fingerprint density at radius 1 is 0.925 bits per heavy atom. The molecule has 2 aliphatic heterocycles. The summed E-state index contributed by atoms with van der Waals surface area (Å²) < 4.78 is 65.9. The maximum Gasteiger partial charge on any atom is 0.264 e.